The number of methoxy groups -OCH3 is 3. The van der Waals surface area contributed by atoms with Crippen LogP contribution in [0.5, 0.6) is 0 Å². The Bertz CT molecular complexity index is 408. The number of ether oxygens (including phenoxy) is 3. The number of carbonyl (C=O) groups excluding carboxylic acids is 1. The lowest BCUT2D eigenvalue weighted by Gasteiger charge is -2.30. The first-order chi connectivity index (χ1) is 9.00. The van der Waals surface area contributed by atoms with Crippen LogP contribution >= 0.6 is 11.8 Å². The summed E-state index contributed by atoms with van der Waals surface area (Å²) in [6, 6.07) is 0. The number of carbonyl (C=O) groups is 1. The van der Waals surface area contributed by atoms with E-state index in [1.807, 2.05) is 6.92 Å². The topological polar surface area (TPSA) is 44.8 Å². The monoisotopic (exact) mass is 286 g/mol. The molecule has 0 aromatic rings. The van der Waals surface area contributed by atoms with Crippen molar-refractivity contribution >= 4 is 17.7 Å². The summed E-state index contributed by atoms with van der Waals surface area (Å²) in [5, 5.41) is 0. The van der Waals surface area contributed by atoms with Crippen LogP contribution in [0.1, 0.15) is 13.3 Å². The maximum atomic E-state index is 12.1. The minimum Gasteiger partial charge on any atom is -0.500 e. The molecule has 19 heavy (non-hydrogen) atoms. The molecule has 0 aromatic carbocycles. The predicted octanol–water partition coefficient (Wildman–Crippen LogP) is 2.09. The maximum Gasteiger partial charge on any atom is 0.319 e. The summed E-state index contributed by atoms with van der Waals surface area (Å²) in [5.41, 5.74) is -0.835. The summed E-state index contributed by atoms with van der Waals surface area (Å²) in [4.78, 5) is 12.1. The van der Waals surface area contributed by atoms with Gasteiger partial charge in [0.25, 0.3) is 0 Å². The highest BCUT2D eigenvalue weighted by Crippen LogP contribution is 2.64. The van der Waals surface area contributed by atoms with Gasteiger partial charge in [-0.15, -0.1) is 0 Å². The van der Waals surface area contributed by atoms with Crippen molar-refractivity contribution in [1.82, 2.24) is 0 Å². The molecule has 2 rings (SSSR count). The Labute approximate surface area is 118 Å². The molecule has 0 N–H and O–H groups in total. The van der Waals surface area contributed by atoms with Crippen molar-refractivity contribution in [3.8, 4) is 0 Å². The second-order valence-electron chi connectivity index (χ2n) is 5.49. The van der Waals surface area contributed by atoms with Crippen LogP contribution in [0.25, 0.3) is 0 Å². The quantitative estimate of drug-likeness (QED) is 0.724. The van der Waals surface area contributed by atoms with Crippen molar-refractivity contribution in [1.29, 1.82) is 0 Å². The fraction of sp³-hybridized carbons (Fsp3) is 0.786. The summed E-state index contributed by atoms with van der Waals surface area (Å²) in [5.74, 6) is 2.12. The van der Waals surface area contributed by atoms with Crippen LogP contribution in [-0.4, -0.2) is 44.9 Å². The number of fused-ring (bicyclic) bond motifs is 1. The lowest BCUT2D eigenvalue weighted by molar-refractivity contribution is -0.152. The number of hydrogen-bond donors (Lipinski definition) is 0. The average molecular weight is 286 g/mol. The lowest BCUT2D eigenvalue weighted by Crippen LogP contribution is -2.35. The zero-order chi connectivity index (χ0) is 14.3. The van der Waals surface area contributed by atoms with E-state index in [9.17, 15) is 4.79 Å². The molecule has 0 unspecified atom stereocenters. The van der Waals surface area contributed by atoms with Gasteiger partial charge in [-0.3, -0.25) is 4.79 Å². The standard InChI is InChI=1S/C14H22O4S/c1-13(12(15)17-3)7-10-9(6-11(13)16-2)14(10,18-4)8-19-5/h6,9-10H,7-8H2,1-5H3/t9-,10+,13+,14-/m1/s1. The Balaban J connectivity index is 2.30. The van der Waals surface area contributed by atoms with Crippen molar-refractivity contribution in [2.24, 2.45) is 17.3 Å². The molecule has 0 radical (unpaired) electrons. The highest BCUT2D eigenvalue weighted by molar-refractivity contribution is 7.98. The van der Waals surface area contributed by atoms with Gasteiger partial charge in [0.15, 0.2) is 0 Å². The first-order valence-electron chi connectivity index (χ1n) is 6.39. The van der Waals surface area contributed by atoms with Crippen LogP contribution < -0.4 is 0 Å². The molecule has 0 aliphatic heterocycles. The average Bonchev–Trinajstić information content (AvgIpc) is 3.03. The molecule has 5 heteroatoms. The summed E-state index contributed by atoms with van der Waals surface area (Å²) in [6.07, 6.45) is 4.86. The lowest BCUT2D eigenvalue weighted by atomic mass is 9.78. The van der Waals surface area contributed by atoms with Crippen LogP contribution in [0, 0.1) is 17.3 Å². The zero-order valence-electron chi connectivity index (χ0n) is 12.2. The molecular formula is C14H22O4S. The molecule has 0 bridgehead atoms. The summed E-state index contributed by atoms with van der Waals surface area (Å²) in [6.45, 7) is 1.89. The fourth-order valence-electron chi connectivity index (χ4n) is 3.45. The van der Waals surface area contributed by atoms with Crippen LogP contribution in [0.2, 0.25) is 0 Å². The molecule has 1 saturated carbocycles. The molecule has 2 aliphatic carbocycles. The Morgan fingerprint density at radius 2 is 2.16 bits per heavy atom. The molecule has 4 atom stereocenters. The number of esters is 1. The Hall–Kier alpha value is -0.680. The number of thioether (sulfide) groups is 1. The van der Waals surface area contributed by atoms with Crippen molar-refractivity contribution < 1.29 is 19.0 Å². The van der Waals surface area contributed by atoms with Gasteiger partial charge in [-0.2, -0.15) is 11.8 Å². The largest absolute Gasteiger partial charge is 0.500 e. The number of hydrogen-bond acceptors (Lipinski definition) is 5. The van der Waals surface area contributed by atoms with E-state index < -0.39 is 5.41 Å². The van der Waals surface area contributed by atoms with E-state index in [4.69, 9.17) is 14.2 Å². The molecule has 4 nitrogen and oxygen atoms in total. The van der Waals surface area contributed by atoms with E-state index in [2.05, 4.69) is 12.3 Å². The third-order valence-corrected chi connectivity index (χ3v) is 5.36. The van der Waals surface area contributed by atoms with E-state index in [0.29, 0.717) is 17.6 Å². The van der Waals surface area contributed by atoms with E-state index in [1.54, 1.807) is 26.0 Å². The van der Waals surface area contributed by atoms with E-state index in [-0.39, 0.29) is 11.6 Å². The first-order valence-corrected chi connectivity index (χ1v) is 7.78. The molecule has 1 fully saturated rings. The Morgan fingerprint density at radius 3 is 2.63 bits per heavy atom. The van der Waals surface area contributed by atoms with Gasteiger partial charge in [-0.05, 0) is 25.7 Å². The Kier molecular flexibility index (Phi) is 3.89. The number of rotatable bonds is 5. The van der Waals surface area contributed by atoms with Gasteiger partial charge in [-0.1, -0.05) is 0 Å². The molecular weight excluding hydrogens is 264 g/mol. The summed E-state index contributed by atoms with van der Waals surface area (Å²) in [7, 11) is 4.79. The summed E-state index contributed by atoms with van der Waals surface area (Å²) < 4.78 is 16.2. The van der Waals surface area contributed by atoms with Crippen LogP contribution in [0.3, 0.4) is 0 Å². The van der Waals surface area contributed by atoms with Crippen molar-refractivity contribution in [2.45, 2.75) is 18.9 Å². The highest BCUT2D eigenvalue weighted by Gasteiger charge is 2.69. The zero-order valence-corrected chi connectivity index (χ0v) is 13.0. The third-order valence-electron chi connectivity index (χ3n) is 4.62. The molecule has 0 spiro atoms. The van der Waals surface area contributed by atoms with Crippen LogP contribution in [-0.2, 0) is 19.0 Å². The molecule has 0 amide bonds. The third kappa shape index (κ3) is 1.98. The SMILES string of the molecule is COC(=O)[C@@]1(C)C[C@H]2[C@@H](C=C1OC)[C@@]2(CSC)OC. The molecule has 2 aliphatic rings. The van der Waals surface area contributed by atoms with Gasteiger partial charge >= 0.3 is 5.97 Å². The fourth-order valence-corrected chi connectivity index (χ4v) is 4.42. The molecule has 0 aromatic heterocycles. The van der Waals surface area contributed by atoms with Gasteiger partial charge < -0.3 is 14.2 Å². The normalized spacial score (nSPS) is 40.2. The van der Waals surface area contributed by atoms with E-state index in [1.165, 1.54) is 7.11 Å². The second kappa shape index (κ2) is 5.02. The minimum atomic E-state index is -0.691. The smallest absolute Gasteiger partial charge is 0.319 e. The Morgan fingerprint density at radius 1 is 1.47 bits per heavy atom. The highest BCUT2D eigenvalue weighted by atomic mass is 32.2. The van der Waals surface area contributed by atoms with Gasteiger partial charge in [0.1, 0.15) is 11.2 Å². The predicted molar refractivity (Wildman–Crippen MR) is 74.9 cm³/mol. The van der Waals surface area contributed by atoms with Crippen molar-refractivity contribution in [3.63, 3.8) is 0 Å². The van der Waals surface area contributed by atoms with Crippen molar-refractivity contribution in [3.05, 3.63) is 11.8 Å². The van der Waals surface area contributed by atoms with Crippen molar-refractivity contribution in [2.75, 3.05) is 33.3 Å². The molecule has 108 valence electrons. The van der Waals surface area contributed by atoms with Gasteiger partial charge in [-0.25, -0.2) is 0 Å². The van der Waals surface area contributed by atoms with Gasteiger partial charge in [0.05, 0.1) is 19.8 Å². The molecule has 0 heterocycles. The van der Waals surface area contributed by atoms with E-state index in [0.717, 1.165) is 12.2 Å². The second-order valence-corrected chi connectivity index (χ2v) is 6.35. The summed E-state index contributed by atoms with van der Waals surface area (Å²) >= 11 is 1.77. The van der Waals surface area contributed by atoms with Gasteiger partial charge in [0.2, 0.25) is 0 Å². The molecule has 0 saturated heterocycles. The van der Waals surface area contributed by atoms with Gasteiger partial charge in [0, 0.05) is 24.7 Å². The first kappa shape index (κ1) is 14.7. The maximum absolute atomic E-state index is 12.1. The minimum absolute atomic E-state index is 0.144. The van der Waals surface area contributed by atoms with Crippen LogP contribution in [0.15, 0.2) is 11.8 Å². The van der Waals surface area contributed by atoms with Crippen LogP contribution in [0.4, 0.5) is 0 Å². The van der Waals surface area contributed by atoms with E-state index >= 15 is 0 Å².